The van der Waals surface area contributed by atoms with Crippen molar-refractivity contribution in [1.82, 2.24) is 0 Å². The first-order chi connectivity index (χ1) is 25.0. The minimum atomic E-state index is -0.478. The van der Waals surface area contributed by atoms with Crippen LogP contribution < -0.4 is 16.4 Å². The van der Waals surface area contributed by atoms with Crippen molar-refractivity contribution in [2.24, 2.45) is 10.7 Å². The van der Waals surface area contributed by atoms with E-state index in [9.17, 15) is 45.0 Å². The molecular weight excluding hydrogens is 680 g/mol. The summed E-state index contributed by atoms with van der Waals surface area (Å²) < 4.78 is 0. The van der Waals surface area contributed by atoms with E-state index in [-0.39, 0.29) is 76.5 Å². The van der Waals surface area contributed by atoms with Crippen LogP contribution in [-0.2, 0) is 9.59 Å². The van der Waals surface area contributed by atoms with Gasteiger partial charge in [0.15, 0.2) is 17.3 Å². The summed E-state index contributed by atoms with van der Waals surface area (Å²) in [6.07, 6.45) is 0.886. The summed E-state index contributed by atoms with van der Waals surface area (Å²) in [5, 5.41) is 63.2. The van der Waals surface area contributed by atoms with Crippen LogP contribution in [0, 0.1) is 13.8 Å². The third-order valence-corrected chi connectivity index (χ3v) is 8.12. The number of rotatable bonds is 13. The van der Waals surface area contributed by atoms with Crippen LogP contribution in [0.15, 0.2) is 77.8 Å². The predicted octanol–water partition coefficient (Wildman–Crippen LogP) is 6.10. The summed E-state index contributed by atoms with van der Waals surface area (Å²) in [5.41, 5.74) is 8.70. The van der Waals surface area contributed by atoms with Gasteiger partial charge in [-0.1, -0.05) is 26.0 Å². The Hall–Kier alpha value is -6.08. The zero-order valence-electron chi connectivity index (χ0n) is 30.8. The molecule has 53 heavy (non-hydrogen) atoms. The monoisotopic (exact) mass is 730 g/mol. The fourth-order valence-corrected chi connectivity index (χ4v) is 4.75. The number of aliphatic imine (C=N–C) groups is 1. The normalized spacial score (nSPS) is 11.9. The molecule has 0 radical (unpaired) electrons. The van der Waals surface area contributed by atoms with Gasteiger partial charge in [0.2, 0.25) is 0 Å². The van der Waals surface area contributed by atoms with Crippen LogP contribution in [0.25, 0.3) is 0 Å². The van der Waals surface area contributed by atoms with Gasteiger partial charge in [-0.25, -0.2) is 0 Å². The molecule has 2 atom stereocenters. The van der Waals surface area contributed by atoms with Crippen LogP contribution in [0.1, 0.15) is 67.6 Å². The molecule has 4 aromatic rings. The molecule has 0 aliphatic carbocycles. The lowest BCUT2D eigenvalue weighted by atomic mass is 10.0. The Kier molecular flexibility index (Phi) is 16.8. The molecule has 0 aromatic heterocycles. The van der Waals surface area contributed by atoms with Crippen molar-refractivity contribution in [3.05, 3.63) is 95.1 Å². The fourth-order valence-electron chi connectivity index (χ4n) is 4.75. The third-order valence-electron chi connectivity index (χ3n) is 8.12. The molecule has 4 aromatic carbocycles. The molecule has 0 aliphatic heterocycles. The maximum atomic E-state index is 12.4. The van der Waals surface area contributed by atoms with Gasteiger partial charge in [0.05, 0.1) is 30.7 Å². The quantitative estimate of drug-likeness (QED) is 0.0561. The molecular formula is C40H50N4O9. The Morgan fingerprint density at radius 1 is 0.660 bits per heavy atom. The summed E-state index contributed by atoms with van der Waals surface area (Å²) in [6, 6.07) is 18.3. The zero-order chi connectivity index (χ0) is 39.8. The molecule has 0 aliphatic rings. The average Bonchev–Trinajstić information content (AvgIpc) is 3.13. The van der Waals surface area contributed by atoms with Gasteiger partial charge in [-0.2, -0.15) is 0 Å². The number of aromatic hydroxyl groups is 6. The van der Waals surface area contributed by atoms with Crippen molar-refractivity contribution in [2.75, 3.05) is 23.7 Å². The molecule has 0 saturated carbocycles. The van der Waals surface area contributed by atoms with Gasteiger partial charge < -0.3 is 47.0 Å². The Morgan fingerprint density at radius 3 is 1.55 bits per heavy atom. The highest BCUT2D eigenvalue weighted by Crippen LogP contribution is 2.31. The first-order valence-electron chi connectivity index (χ1n) is 17.0. The van der Waals surface area contributed by atoms with E-state index in [4.69, 9.17) is 5.73 Å². The number of hydrogen-bond donors (Lipinski definition) is 9. The Bertz CT molecular complexity index is 1910. The van der Waals surface area contributed by atoms with Crippen molar-refractivity contribution in [3.8, 4) is 34.5 Å². The molecule has 0 heterocycles. The maximum absolute atomic E-state index is 12.4. The van der Waals surface area contributed by atoms with Crippen LogP contribution in [0.2, 0.25) is 0 Å². The van der Waals surface area contributed by atoms with E-state index in [1.54, 1.807) is 89.2 Å². The number of anilines is 2. The van der Waals surface area contributed by atoms with Gasteiger partial charge >= 0.3 is 0 Å². The van der Waals surface area contributed by atoms with Crippen molar-refractivity contribution in [2.45, 2.75) is 66.5 Å². The molecule has 4 rings (SSSR count). The topological polar surface area (TPSA) is 235 Å². The third kappa shape index (κ3) is 12.9. The highest BCUT2D eigenvalue weighted by molar-refractivity contribution is 6.04. The van der Waals surface area contributed by atoms with Gasteiger partial charge in [-0.15, -0.1) is 0 Å². The van der Waals surface area contributed by atoms with E-state index in [0.29, 0.717) is 46.6 Å². The van der Waals surface area contributed by atoms with Gasteiger partial charge in [-0.3, -0.25) is 19.4 Å². The number of carbonyl (C=O) groups excluding carboxylic acids is 3. The first-order valence-corrected chi connectivity index (χ1v) is 17.0. The number of nitrogens with one attached hydrogen (secondary N) is 2. The number of ketones is 3. The second kappa shape index (κ2) is 20.7. The van der Waals surface area contributed by atoms with Gasteiger partial charge in [0.1, 0.15) is 34.5 Å². The number of hydrogen-bond acceptors (Lipinski definition) is 13. The molecule has 13 nitrogen and oxygen atoms in total. The van der Waals surface area contributed by atoms with Crippen molar-refractivity contribution in [1.29, 1.82) is 0 Å². The van der Waals surface area contributed by atoms with Crippen molar-refractivity contribution >= 4 is 34.4 Å². The lowest BCUT2D eigenvalue weighted by Gasteiger charge is -2.14. The number of benzene rings is 4. The Labute approximate surface area is 309 Å². The smallest absolute Gasteiger partial charge is 0.175 e. The van der Waals surface area contributed by atoms with Crippen LogP contribution >= 0.6 is 0 Å². The molecule has 13 heteroatoms. The number of phenols is 6. The zero-order valence-corrected chi connectivity index (χ0v) is 30.8. The minimum absolute atomic E-state index is 0.00477. The molecule has 0 amide bonds. The van der Waals surface area contributed by atoms with Crippen LogP contribution in [-0.4, -0.2) is 78.9 Å². The second-order valence-corrected chi connectivity index (χ2v) is 12.1. The minimum Gasteiger partial charge on any atom is -0.508 e. The maximum Gasteiger partial charge on any atom is 0.175 e. The lowest BCUT2D eigenvalue weighted by Crippen LogP contribution is -2.31. The van der Waals surface area contributed by atoms with Gasteiger partial charge in [0, 0.05) is 52.3 Å². The highest BCUT2D eigenvalue weighted by atomic mass is 16.3. The van der Waals surface area contributed by atoms with E-state index in [1.807, 2.05) is 6.92 Å². The van der Waals surface area contributed by atoms with E-state index >= 15 is 0 Å². The highest BCUT2D eigenvalue weighted by Gasteiger charge is 2.16. The fraction of sp³-hybridized carbons (Fsp3) is 0.300. The SMILES string of the molecule is CCC(=NCC(=O)[C@H](C)Nc1cccc(O)c1)c1ccc(O)c(C)c1O.CCC(=O)c1ccc(O)c(C)c1O.C[C@H](Nc1cccc(O)c1)C(=O)CN. The summed E-state index contributed by atoms with van der Waals surface area (Å²) in [6.45, 7) is 10.3. The molecule has 0 spiro atoms. The largest absolute Gasteiger partial charge is 0.508 e. The molecule has 0 bridgehead atoms. The number of nitrogens with two attached hydrogens (primary N) is 1. The predicted molar refractivity (Wildman–Crippen MR) is 207 cm³/mol. The molecule has 0 fully saturated rings. The molecule has 0 saturated heterocycles. The molecule has 10 N–H and O–H groups in total. The summed E-state index contributed by atoms with van der Waals surface area (Å²) in [5.74, 6) is -0.132. The van der Waals surface area contributed by atoms with E-state index < -0.39 is 6.04 Å². The molecule has 284 valence electrons. The number of nitrogens with zero attached hydrogens (tertiary/aromatic N) is 1. The van der Waals surface area contributed by atoms with Crippen LogP contribution in [0.3, 0.4) is 0 Å². The second-order valence-electron chi connectivity index (χ2n) is 12.1. The number of phenolic OH excluding ortho intramolecular Hbond substituents is 6. The van der Waals surface area contributed by atoms with Gasteiger partial charge in [-0.05, 0) is 82.6 Å². The summed E-state index contributed by atoms with van der Waals surface area (Å²) >= 11 is 0. The van der Waals surface area contributed by atoms with Gasteiger partial charge in [0.25, 0.3) is 0 Å². The van der Waals surface area contributed by atoms with Crippen LogP contribution in [0.5, 0.6) is 34.5 Å². The Balaban J connectivity index is 0.000000303. The molecule has 0 unspecified atom stereocenters. The van der Waals surface area contributed by atoms with Crippen molar-refractivity contribution < 1.29 is 45.0 Å². The lowest BCUT2D eigenvalue weighted by molar-refractivity contribution is -0.118. The van der Waals surface area contributed by atoms with E-state index in [1.165, 1.54) is 18.2 Å². The first kappa shape index (κ1) is 43.1. The number of carbonyl (C=O) groups is 3. The number of Topliss-reactive ketones (excluding diaryl/α,β-unsaturated/α-hetero) is 3. The summed E-state index contributed by atoms with van der Waals surface area (Å²) in [4.78, 5) is 39.1. The van der Waals surface area contributed by atoms with Crippen molar-refractivity contribution in [3.63, 3.8) is 0 Å². The van der Waals surface area contributed by atoms with Crippen LogP contribution in [0.4, 0.5) is 11.4 Å². The van der Waals surface area contributed by atoms with E-state index in [0.717, 1.165) is 0 Å². The average molecular weight is 731 g/mol. The Morgan fingerprint density at radius 2 is 1.11 bits per heavy atom. The summed E-state index contributed by atoms with van der Waals surface area (Å²) in [7, 11) is 0. The standard InChI is InChI=1S/C20H24N2O4.C10H14N2O2.C10H12O3/c1-4-17(16-8-9-18(24)12(2)20(16)26)21-11-19(25)13(3)22-14-6-5-7-15(23)10-14;1-7(10(14)6-11)12-8-3-2-4-9(13)5-8;1-3-8(11)7-4-5-9(12)6(2)10(7)13/h5-10,13,22-24,26H,4,11H2,1-3H3;2-5,7,12-13H,6,11H2,1H3;4-5,12-13H,3H2,1-2H3/t13-;7-;/m00./s1. The van der Waals surface area contributed by atoms with E-state index in [2.05, 4.69) is 15.6 Å².